The van der Waals surface area contributed by atoms with Gasteiger partial charge in [-0.15, -0.1) is 11.3 Å². The van der Waals surface area contributed by atoms with E-state index >= 15 is 0 Å². The minimum atomic E-state index is -1.02. The van der Waals surface area contributed by atoms with Gasteiger partial charge in [-0.2, -0.15) is 0 Å². The summed E-state index contributed by atoms with van der Waals surface area (Å²) in [4.78, 5) is 27.5. The first-order chi connectivity index (χ1) is 10.1. The van der Waals surface area contributed by atoms with Crippen LogP contribution in [0.15, 0.2) is 41.9 Å². The van der Waals surface area contributed by atoms with Crippen LogP contribution in [0.3, 0.4) is 0 Å². The van der Waals surface area contributed by atoms with Gasteiger partial charge in [-0.1, -0.05) is 12.1 Å². The predicted molar refractivity (Wildman–Crippen MR) is 81.3 cm³/mol. The number of pyridine rings is 1. The lowest BCUT2D eigenvalue weighted by atomic mass is 10.2. The van der Waals surface area contributed by atoms with E-state index in [2.05, 4.69) is 10.3 Å². The van der Waals surface area contributed by atoms with Gasteiger partial charge in [-0.05, 0) is 35.6 Å². The van der Waals surface area contributed by atoms with Crippen molar-refractivity contribution in [1.29, 1.82) is 0 Å². The molecule has 2 heterocycles. The van der Waals surface area contributed by atoms with E-state index in [9.17, 15) is 9.59 Å². The van der Waals surface area contributed by atoms with Gasteiger partial charge >= 0.3 is 5.97 Å². The molecule has 0 aromatic carbocycles. The molecule has 1 amide bonds. The fourth-order valence-electron chi connectivity index (χ4n) is 1.65. The summed E-state index contributed by atoms with van der Waals surface area (Å²) in [6.45, 7) is 0.557. The Morgan fingerprint density at radius 2 is 2.19 bits per heavy atom. The Bertz CT molecular complexity index is 633. The van der Waals surface area contributed by atoms with Crippen molar-refractivity contribution in [3.05, 3.63) is 58.1 Å². The van der Waals surface area contributed by atoms with Crippen LogP contribution in [0.2, 0.25) is 0 Å². The molecule has 0 saturated carbocycles. The van der Waals surface area contributed by atoms with Crippen LogP contribution in [0.1, 0.15) is 20.9 Å². The SMILES string of the molecule is O=C(O)C=Cc1ccc(C(=O)NCCc2cccs2)nc1. The topological polar surface area (TPSA) is 79.3 Å². The summed E-state index contributed by atoms with van der Waals surface area (Å²) in [5, 5.41) is 13.3. The fraction of sp³-hybridized carbons (Fsp3) is 0.133. The highest BCUT2D eigenvalue weighted by atomic mass is 32.1. The molecule has 0 atom stereocenters. The van der Waals surface area contributed by atoms with E-state index in [0.29, 0.717) is 17.8 Å². The Morgan fingerprint density at radius 1 is 1.33 bits per heavy atom. The van der Waals surface area contributed by atoms with Crippen molar-refractivity contribution in [2.45, 2.75) is 6.42 Å². The van der Waals surface area contributed by atoms with E-state index in [0.717, 1.165) is 12.5 Å². The molecule has 0 bridgehead atoms. The van der Waals surface area contributed by atoms with Gasteiger partial charge in [-0.25, -0.2) is 4.79 Å². The van der Waals surface area contributed by atoms with Gasteiger partial charge in [0.05, 0.1) is 0 Å². The number of carbonyl (C=O) groups is 2. The summed E-state index contributed by atoms with van der Waals surface area (Å²) in [6.07, 6.45) is 4.71. The first kappa shape index (κ1) is 14.9. The Hall–Kier alpha value is -2.47. The third kappa shape index (κ3) is 4.85. The zero-order valence-corrected chi connectivity index (χ0v) is 12.0. The minimum Gasteiger partial charge on any atom is -0.478 e. The molecule has 5 nitrogen and oxygen atoms in total. The quantitative estimate of drug-likeness (QED) is 0.802. The summed E-state index contributed by atoms with van der Waals surface area (Å²) in [6, 6.07) is 7.23. The third-order valence-corrected chi connectivity index (χ3v) is 3.61. The highest BCUT2D eigenvalue weighted by molar-refractivity contribution is 7.09. The number of nitrogens with one attached hydrogen (secondary N) is 1. The summed E-state index contributed by atoms with van der Waals surface area (Å²) in [5.41, 5.74) is 0.946. The lowest BCUT2D eigenvalue weighted by Gasteiger charge is -2.03. The number of carboxylic acids is 1. The number of thiophene rings is 1. The third-order valence-electron chi connectivity index (χ3n) is 2.67. The Morgan fingerprint density at radius 3 is 2.81 bits per heavy atom. The van der Waals surface area contributed by atoms with Gasteiger partial charge in [0, 0.05) is 23.7 Å². The Labute approximate surface area is 126 Å². The van der Waals surface area contributed by atoms with Crippen LogP contribution in [-0.2, 0) is 11.2 Å². The summed E-state index contributed by atoms with van der Waals surface area (Å²) >= 11 is 1.66. The molecule has 2 aromatic rings. The number of aliphatic carboxylic acids is 1. The number of hydrogen-bond donors (Lipinski definition) is 2. The fourth-order valence-corrected chi connectivity index (χ4v) is 2.36. The lowest BCUT2D eigenvalue weighted by Crippen LogP contribution is -2.26. The number of rotatable bonds is 6. The molecule has 0 fully saturated rings. The molecule has 0 saturated heterocycles. The normalized spacial score (nSPS) is 10.7. The second-order valence-corrected chi connectivity index (χ2v) is 5.27. The largest absolute Gasteiger partial charge is 0.478 e. The van der Waals surface area contributed by atoms with Crippen molar-refractivity contribution in [3.8, 4) is 0 Å². The van der Waals surface area contributed by atoms with Crippen LogP contribution in [-0.4, -0.2) is 28.5 Å². The van der Waals surface area contributed by atoms with Crippen molar-refractivity contribution in [1.82, 2.24) is 10.3 Å². The molecule has 2 aromatic heterocycles. The number of carbonyl (C=O) groups excluding carboxylic acids is 1. The zero-order valence-electron chi connectivity index (χ0n) is 11.2. The average Bonchev–Trinajstić information content (AvgIpc) is 2.99. The van der Waals surface area contributed by atoms with Crippen LogP contribution >= 0.6 is 11.3 Å². The minimum absolute atomic E-state index is 0.236. The molecule has 0 radical (unpaired) electrons. The molecule has 2 N–H and O–H groups in total. The van der Waals surface area contributed by atoms with E-state index in [1.165, 1.54) is 17.2 Å². The van der Waals surface area contributed by atoms with Crippen molar-refractivity contribution in [2.75, 3.05) is 6.54 Å². The van der Waals surface area contributed by atoms with Crippen LogP contribution in [0, 0.1) is 0 Å². The number of hydrogen-bond acceptors (Lipinski definition) is 4. The summed E-state index contributed by atoms with van der Waals surface area (Å²) in [7, 11) is 0. The molecule has 0 aliphatic rings. The van der Waals surface area contributed by atoms with Crippen LogP contribution in [0.5, 0.6) is 0 Å². The summed E-state index contributed by atoms with van der Waals surface area (Å²) < 4.78 is 0. The number of carboxylic acid groups (broad SMARTS) is 1. The van der Waals surface area contributed by atoms with Gasteiger partial charge in [0.15, 0.2) is 0 Å². The van der Waals surface area contributed by atoms with E-state index in [-0.39, 0.29) is 5.91 Å². The highest BCUT2D eigenvalue weighted by Gasteiger charge is 2.06. The first-order valence-corrected chi connectivity index (χ1v) is 7.21. The molecule has 0 aliphatic carbocycles. The maximum absolute atomic E-state index is 11.9. The molecule has 0 spiro atoms. The molecular weight excluding hydrogens is 288 g/mol. The Kier molecular flexibility index (Phi) is 5.22. The predicted octanol–water partition coefficient (Wildman–Crippen LogP) is 2.21. The van der Waals surface area contributed by atoms with Crippen LogP contribution in [0.25, 0.3) is 6.08 Å². The number of aromatic nitrogens is 1. The van der Waals surface area contributed by atoms with Gasteiger partial charge in [-0.3, -0.25) is 9.78 Å². The molecule has 6 heteroatoms. The smallest absolute Gasteiger partial charge is 0.328 e. The van der Waals surface area contributed by atoms with Crippen molar-refractivity contribution in [3.63, 3.8) is 0 Å². The molecule has 0 unspecified atom stereocenters. The zero-order chi connectivity index (χ0) is 15.1. The molecule has 0 aliphatic heterocycles. The highest BCUT2D eigenvalue weighted by Crippen LogP contribution is 2.08. The maximum Gasteiger partial charge on any atom is 0.328 e. The molecule has 108 valence electrons. The van der Waals surface area contributed by atoms with Crippen LogP contribution < -0.4 is 5.32 Å². The standard InChI is InChI=1S/C15H14N2O3S/c18-14(19)6-4-11-3-5-13(17-10-11)15(20)16-8-7-12-2-1-9-21-12/h1-6,9-10H,7-8H2,(H,16,20)(H,18,19). The average molecular weight is 302 g/mol. The molecular formula is C15H14N2O3S. The van der Waals surface area contributed by atoms with E-state index < -0.39 is 5.97 Å². The van der Waals surface area contributed by atoms with E-state index in [4.69, 9.17) is 5.11 Å². The lowest BCUT2D eigenvalue weighted by molar-refractivity contribution is -0.131. The van der Waals surface area contributed by atoms with Crippen molar-refractivity contribution in [2.24, 2.45) is 0 Å². The molecule has 2 rings (SSSR count). The van der Waals surface area contributed by atoms with Gasteiger partial charge < -0.3 is 10.4 Å². The van der Waals surface area contributed by atoms with Crippen molar-refractivity contribution < 1.29 is 14.7 Å². The van der Waals surface area contributed by atoms with Gasteiger partial charge in [0.25, 0.3) is 5.91 Å². The monoisotopic (exact) mass is 302 g/mol. The Balaban J connectivity index is 1.86. The van der Waals surface area contributed by atoms with Gasteiger partial charge in [0.1, 0.15) is 5.69 Å². The van der Waals surface area contributed by atoms with Crippen LogP contribution in [0.4, 0.5) is 0 Å². The number of nitrogens with zero attached hydrogens (tertiary/aromatic N) is 1. The second kappa shape index (κ2) is 7.35. The maximum atomic E-state index is 11.9. The van der Waals surface area contributed by atoms with E-state index in [1.807, 2.05) is 17.5 Å². The van der Waals surface area contributed by atoms with Gasteiger partial charge in [0.2, 0.25) is 0 Å². The van der Waals surface area contributed by atoms with Crippen molar-refractivity contribution >= 4 is 29.3 Å². The summed E-state index contributed by atoms with van der Waals surface area (Å²) in [5.74, 6) is -1.26. The second-order valence-electron chi connectivity index (χ2n) is 4.23. The van der Waals surface area contributed by atoms with E-state index in [1.54, 1.807) is 23.5 Å². The number of amides is 1. The first-order valence-electron chi connectivity index (χ1n) is 6.33. The molecule has 21 heavy (non-hydrogen) atoms.